The molecule has 1 aromatic heterocycles. The van der Waals surface area contributed by atoms with Crippen LogP contribution >= 0.6 is 0 Å². The lowest BCUT2D eigenvalue weighted by Crippen LogP contribution is -2.50. The van der Waals surface area contributed by atoms with Crippen molar-refractivity contribution in [3.63, 3.8) is 0 Å². The highest BCUT2D eigenvalue weighted by molar-refractivity contribution is 5.94. The number of rotatable bonds is 9. The summed E-state index contributed by atoms with van der Waals surface area (Å²) in [6, 6.07) is 16.0. The van der Waals surface area contributed by atoms with Crippen molar-refractivity contribution in [1.82, 2.24) is 20.2 Å². The summed E-state index contributed by atoms with van der Waals surface area (Å²) in [5, 5.41) is 11.7. The Kier molecular flexibility index (Phi) is 10.2. The molecule has 48 heavy (non-hydrogen) atoms. The van der Waals surface area contributed by atoms with Crippen LogP contribution in [0.3, 0.4) is 0 Å². The summed E-state index contributed by atoms with van der Waals surface area (Å²) in [4.78, 5) is 25.5. The van der Waals surface area contributed by atoms with Crippen LogP contribution in [0.25, 0.3) is 0 Å². The van der Waals surface area contributed by atoms with Gasteiger partial charge in [-0.2, -0.15) is 0 Å². The SMILES string of the molecule is O=C(NCc1ccc(C2OC(CN3CCN(c4ncccn4)CC3)CC(c3ccc(CO)cc3)O2)cc1)c1c(F)c(F)c(F)c(F)c1F. The van der Waals surface area contributed by atoms with Crippen LogP contribution in [0.2, 0.25) is 0 Å². The molecule has 0 radical (unpaired) electrons. The van der Waals surface area contributed by atoms with E-state index in [2.05, 4.69) is 25.1 Å². The Morgan fingerprint density at radius 3 is 2.00 bits per heavy atom. The highest BCUT2D eigenvalue weighted by Gasteiger charge is 2.34. The van der Waals surface area contributed by atoms with Crippen molar-refractivity contribution in [2.45, 2.75) is 38.1 Å². The van der Waals surface area contributed by atoms with Crippen LogP contribution in [-0.4, -0.2) is 64.7 Å². The van der Waals surface area contributed by atoms with Gasteiger partial charge in [-0.1, -0.05) is 48.5 Å². The van der Waals surface area contributed by atoms with E-state index in [4.69, 9.17) is 9.47 Å². The number of anilines is 1. The van der Waals surface area contributed by atoms with Gasteiger partial charge in [0.1, 0.15) is 5.56 Å². The Hall–Kier alpha value is -4.50. The summed E-state index contributed by atoms with van der Waals surface area (Å²) < 4.78 is 81.5. The molecule has 14 heteroatoms. The highest BCUT2D eigenvalue weighted by Crippen LogP contribution is 2.38. The molecule has 2 N–H and O–H groups in total. The number of nitrogens with one attached hydrogen (secondary N) is 1. The second-order valence-corrected chi connectivity index (χ2v) is 11.6. The topological polar surface area (TPSA) is 100 Å². The molecule has 252 valence electrons. The predicted octanol–water partition coefficient (Wildman–Crippen LogP) is 4.96. The highest BCUT2D eigenvalue weighted by atomic mass is 19.2. The van der Waals surface area contributed by atoms with Crippen molar-refractivity contribution in [2.24, 2.45) is 0 Å². The molecule has 0 saturated carbocycles. The Morgan fingerprint density at radius 2 is 1.38 bits per heavy atom. The maximum Gasteiger partial charge on any atom is 0.257 e. The number of carbonyl (C=O) groups excluding carboxylic acids is 1. The molecule has 3 atom stereocenters. The van der Waals surface area contributed by atoms with Crippen molar-refractivity contribution in [3.8, 4) is 0 Å². The first-order chi connectivity index (χ1) is 23.2. The van der Waals surface area contributed by atoms with E-state index in [-0.39, 0.29) is 25.4 Å². The van der Waals surface area contributed by atoms with E-state index in [1.54, 1.807) is 42.7 Å². The lowest BCUT2D eigenvalue weighted by Gasteiger charge is -2.40. The number of carbonyl (C=O) groups is 1. The van der Waals surface area contributed by atoms with Crippen molar-refractivity contribution in [1.29, 1.82) is 0 Å². The molecule has 9 nitrogen and oxygen atoms in total. The van der Waals surface area contributed by atoms with Crippen molar-refractivity contribution in [2.75, 3.05) is 37.6 Å². The van der Waals surface area contributed by atoms with Crippen LogP contribution in [0.15, 0.2) is 67.0 Å². The molecule has 2 aliphatic heterocycles. The van der Waals surface area contributed by atoms with E-state index in [9.17, 15) is 31.9 Å². The number of aliphatic hydroxyl groups is 1. The van der Waals surface area contributed by atoms with Crippen molar-refractivity contribution in [3.05, 3.63) is 124 Å². The van der Waals surface area contributed by atoms with Gasteiger partial charge < -0.3 is 24.8 Å². The van der Waals surface area contributed by atoms with E-state index >= 15 is 0 Å². The summed E-state index contributed by atoms with van der Waals surface area (Å²) in [7, 11) is 0. The number of hydrogen-bond acceptors (Lipinski definition) is 8. The smallest absolute Gasteiger partial charge is 0.257 e. The quantitative estimate of drug-likeness (QED) is 0.147. The molecule has 2 fully saturated rings. The van der Waals surface area contributed by atoms with Gasteiger partial charge in [0.15, 0.2) is 29.6 Å². The number of ether oxygens (including phenoxy) is 2. The normalized spacial score (nSPS) is 20.1. The fourth-order valence-electron chi connectivity index (χ4n) is 5.77. The molecule has 3 unspecified atom stereocenters. The first kappa shape index (κ1) is 33.4. The maximum absolute atomic E-state index is 14.1. The predicted molar refractivity (Wildman–Crippen MR) is 163 cm³/mol. The zero-order valence-corrected chi connectivity index (χ0v) is 25.6. The average Bonchev–Trinajstić information content (AvgIpc) is 3.13. The molecule has 0 aliphatic carbocycles. The van der Waals surface area contributed by atoms with Crippen molar-refractivity contribution >= 4 is 11.9 Å². The Labute approximate surface area is 272 Å². The van der Waals surface area contributed by atoms with E-state index in [0.717, 1.165) is 37.3 Å². The third-order valence-electron chi connectivity index (χ3n) is 8.43. The molecule has 0 spiro atoms. The number of amides is 1. The third kappa shape index (κ3) is 7.31. The van der Waals surface area contributed by atoms with Gasteiger partial charge >= 0.3 is 0 Å². The summed E-state index contributed by atoms with van der Waals surface area (Å²) in [5.74, 6) is -11.9. The number of nitrogens with zero attached hydrogens (tertiary/aromatic N) is 4. The number of aliphatic hydroxyl groups excluding tert-OH is 1. The average molecular weight is 670 g/mol. The summed E-state index contributed by atoms with van der Waals surface area (Å²) in [6.45, 7) is 3.48. The zero-order chi connectivity index (χ0) is 33.8. The van der Waals surface area contributed by atoms with Gasteiger partial charge in [0.25, 0.3) is 5.91 Å². The van der Waals surface area contributed by atoms with Gasteiger partial charge in [-0.15, -0.1) is 0 Å². The molecular weight excluding hydrogens is 637 g/mol. The number of aromatic nitrogens is 2. The lowest BCUT2D eigenvalue weighted by atomic mass is 9.99. The number of benzene rings is 3. The third-order valence-corrected chi connectivity index (χ3v) is 8.43. The molecule has 6 rings (SSSR count). The van der Waals surface area contributed by atoms with E-state index in [1.807, 2.05) is 24.3 Å². The maximum atomic E-state index is 14.1. The molecule has 2 aliphatic rings. The second-order valence-electron chi connectivity index (χ2n) is 11.6. The molecule has 3 aromatic carbocycles. The van der Waals surface area contributed by atoms with Gasteiger partial charge in [0, 0.05) is 63.6 Å². The molecule has 4 aromatic rings. The molecular formula is C34H32F5N5O4. The first-order valence-corrected chi connectivity index (χ1v) is 15.3. The van der Waals surface area contributed by atoms with Gasteiger partial charge in [0.05, 0.1) is 18.8 Å². The summed E-state index contributed by atoms with van der Waals surface area (Å²) in [6.07, 6.45) is 2.80. The fraction of sp³-hybridized carbons (Fsp3) is 0.324. The molecule has 3 heterocycles. The number of hydrogen-bond donors (Lipinski definition) is 2. The molecule has 0 bridgehead atoms. The van der Waals surface area contributed by atoms with Crippen LogP contribution in [0, 0.1) is 29.1 Å². The van der Waals surface area contributed by atoms with Crippen LogP contribution in [0.5, 0.6) is 0 Å². The first-order valence-electron chi connectivity index (χ1n) is 15.3. The van der Waals surface area contributed by atoms with Crippen LogP contribution in [-0.2, 0) is 22.6 Å². The summed E-state index contributed by atoms with van der Waals surface area (Å²) >= 11 is 0. The van der Waals surface area contributed by atoms with Crippen LogP contribution in [0.1, 0.15) is 51.4 Å². The standard InChI is InChI=1S/C34H32F5N5O4/c35-27-26(28(36)30(38)31(39)29(27)37)32(46)42-17-20-2-8-23(9-3-20)33-47-24(16-25(48-33)22-6-4-21(19-45)5-7-22)18-43-12-14-44(15-13-43)34-40-10-1-11-41-34/h1-11,24-25,33,45H,12-19H2,(H,42,46). The molecule has 2 saturated heterocycles. The van der Waals surface area contributed by atoms with Gasteiger partial charge in [-0.05, 0) is 22.8 Å². The summed E-state index contributed by atoms with van der Waals surface area (Å²) in [5.41, 5.74) is 1.34. The van der Waals surface area contributed by atoms with Crippen LogP contribution < -0.4 is 10.2 Å². The van der Waals surface area contributed by atoms with Crippen LogP contribution in [0.4, 0.5) is 27.9 Å². The molecule has 1 amide bonds. The van der Waals surface area contributed by atoms with Crippen molar-refractivity contribution < 1.29 is 41.3 Å². The minimum atomic E-state index is -2.34. The number of halogens is 5. The fourth-order valence-corrected chi connectivity index (χ4v) is 5.77. The Bertz CT molecular complexity index is 1700. The zero-order valence-electron chi connectivity index (χ0n) is 25.6. The minimum absolute atomic E-state index is 0.0749. The van der Waals surface area contributed by atoms with E-state index < -0.39 is 46.8 Å². The minimum Gasteiger partial charge on any atom is -0.392 e. The lowest BCUT2D eigenvalue weighted by molar-refractivity contribution is -0.253. The Balaban J connectivity index is 1.13. The largest absolute Gasteiger partial charge is 0.392 e. The second kappa shape index (κ2) is 14.7. The van der Waals surface area contributed by atoms with Gasteiger partial charge in [0.2, 0.25) is 11.8 Å². The Morgan fingerprint density at radius 1 is 0.792 bits per heavy atom. The van der Waals surface area contributed by atoms with E-state index in [0.29, 0.717) is 30.0 Å². The van der Waals surface area contributed by atoms with Gasteiger partial charge in [-0.3, -0.25) is 9.69 Å². The van der Waals surface area contributed by atoms with Gasteiger partial charge in [-0.25, -0.2) is 31.9 Å². The monoisotopic (exact) mass is 669 g/mol. The van der Waals surface area contributed by atoms with E-state index in [1.165, 1.54) is 0 Å². The number of piperazine rings is 1.